The Balaban J connectivity index is 1.39. The van der Waals surface area contributed by atoms with E-state index in [1.807, 2.05) is 83.8 Å². The second kappa shape index (κ2) is 13.0. The van der Waals surface area contributed by atoms with E-state index < -0.39 is 0 Å². The standard InChI is InChI=1S/C29H32N6O2/c1-23(36)30-16-17-31-26-22-27(33-29(32-26)25-13-6-3-7-14-25)34-18-20-35(21-19-34)28(37)15-9-8-12-24-10-4-2-5-11-24/h2-15,22H,16-21H2,1H3,(H,30,36)(H,31,32,33). The van der Waals surface area contributed by atoms with Crippen molar-refractivity contribution in [2.24, 2.45) is 0 Å². The Hall–Kier alpha value is -4.46. The molecule has 0 spiro atoms. The van der Waals surface area contributed by atoms with Crippen LogP contribution in [0.2, 0.25) is 0 Å². The summed E-state index contributed by atoms with van der Waals surface area (Å²) in [5, 5.41) is 6.06. The zero-order chi connectivity index (χ0) is 25.9. The van der Waals surface area contributed by atoms with E-state index in [4.69, 9.17) is 4.98 Å². The average Bonchev–Trinajstić information content (AvgIpc) is 2.94. The molecule has 1 aliphatic heterocycles. The van der Waals surface area contributed by atoms with Crippen molar-refractivity contribution < 1.29 is 9.59 Å². The zero-order valence-corrected chi connectivity index (χ0v) is 21.0. The number of nitrogens with one attached hydrogen (secondary N) is 2. The lowest BCUT2D eigenvalue weighted by Gasteiger charge is -2.35. The number of amides is 2. The van der Waals surface area contributed by atoms with E-state index in [1.54, 1.807) is 12.2 Å². The first-order valence-electron chi connectivity index (χ1n) is 12.4. The van der Waals surface area contributed by atoms with Crippen LogP contribution in [0, 0.1) is 0 Å². The van der Waals surface area contributed by atoms with Crippen molar-refractivity contribution >= 4 is 29.5 Å². The summed E-state index contributed by atoms with van der Waals surface area (Å²) in [5.74, 6) is 2.08. The third kappa shape index (κ3) is 7.76. The number of hydrogen-bond acceptors (Lipinski definition) is 6. The molecule has 3 aromatic rings. The lowest BCUT2D eigenvalue weighted by molar-refractivity contribution is -0.126. The molecule has 2 aromatic carbocycles. The van der Waals surface area contributed by atoms with E-state index in [0.717, 1.165) is 16.9 Å². The van der Waals surface area contributed by atoms with E-state index >= 15 is 0 Å². The van der Waals surface area contributed by atoms with E-state index in [0.29, 0.717) is 50.9 Å². The summed E-state index contributed by atoms with van der Waals surface area (Å²) < 4.78 is 0. The number of piperazine rings is 1. The lowest BCUT2D eigenvalue weighted by atomic mass is 10.2. The molecule has 1 fully saturated rings. The molecule has 8 heteroatoms. The Morgan fingerprint density at radius 2 is 1.59 bits per heavy atom. The van der Waals surface area contributed by atoms with Gasteiger partial charge in [0, 0.05) is 63.9 Å². The fraction of sp³-hybridized carbons (Fsp3) is 0.241. The summed E-state index contributed by atoms with van der Waals surface area (Å²) in [7, 11) is 0. The smallest absolute Gasteiger partial charge is 0.246 e. The predicted octanol–water partition coefficient (Wildman–Crippen LogP) is 3.61. The number of hydrogen-bond donors (Lipinski definition) is 2. The highest BCUT2D eigenvalue weighted by molar-refractivity contribution is 5.88. The fourth-order valence-electron chi connectivity index (χ4n) is 3.96. The summed E-state index contributed by atoms with van der Waals surface area (Å²) in [5.41, 5.74) is 2.02. The number of anilines is 2. The summed E-state index contributed by atoms with van der Waals surface area (Å²) in [4.78, 5) is 37.4. The molecule has 0 bridgehead atoms. The van der Waals surface area contributed by atoms with Gasteiger partial charge < -0.3 is 20.4 Å². The third-order valence-electron chi connectivity index (χ3n) is 5.90. The van der Waals surface area contributed by atoms with Gasteiger partial charge in [-0.25, -0.2) is 9.97 Å². The van der Waals surface area contributed by atoms with Crippen LogP contribution in [-0.2, 0) is 9.59 Å². The first-order valence-corrected chi connectivity index (χ1v) is 12.4. The van der Waals surface area contributed by atoms with Crippen molar-refractivity contribution in [1.29, 1.82) is 0 Å². The number of allylic oxidation sites excluding steroid dienone is 2. The van der Waals surface area contributed by atoms with Crippen molar-refractivity contribution in [2.75, 3.05) is 49.5 Å². The number of carbonyl (C=O) groups is 2. The van der Waals surface area contributed by atoms with Crippen molar-refractivity contribution in [3.05, 3.63) is 90.5 Å². The van der Waals surface area contributed by atoms with Gasteiger partial charge in [0.05, 0.1) is 0 Å². The topological polar surface area (TPSA) is 90.5 Å². The molecular formula is C29H32N6O2. The monoisotopic (exact) mass is 496 g/mol. The van der Waals surface area contributed by atoms with Gasteiger partial charge in [0.15, 0.2) is 5.82 Å². The minimum Gasteiger partial charge on any atom is -0.368 e. The second-order valence-corrected chi connectivity index (χ2v) is 8.65. The Kier molecular flexibility index (Phi) is 9.02. The van der Waals surface area contributed by atoms with E-state index in [-0.39, 0.29) is 11.8 Å². The summed E-state index contributed by atoms with van der Waals surface area (Å²) in [6, 6.07) is 21.8. The number of benzene rings is 2. The van der Waals surface area contributed by atoms with Crippen LogP contribution in [0.4, 0.5) is 11.6 Å². The molecule has 4 rings (SSSR count). The van der Waals surface area contributed by atoms with Gasteiger partial charge in [-0.15, -0.1) is 0 Å². The van der Waals surface area contributed by atoms with Gasteiger partial charge in [0.2, 0.25) is 11.8 Å². The Labute approximate surface area is 217 Å². The predicted molar refractivity (Wildman–Crippen MR) is 148 cm³/mol. The summed E-state index contributed by atoms with van der Waals surface area (Å²) in [6.45, 7) is 5.13. The molecule has 2 heterocycles. The Morgan fingerprint density at radius 3 is 2.30 bits per heavy atom. The molecule has 190 valence electrons. The van der Waals surface area contributed by atoms with E-state index in [1.165, 1.54) is 6.92 Å². The fourth-order valence-corrected chi connectivity index (χ4v) is 3.96. The molecule has 1 aromatic heterocycles. The van der Waals surface area contributed by atoms with Crippen LogP contribution in [0.25, 0.3) is 17.5 Å². The first kappa shape index (κ1) is 25.6. The van der Waals surface area contributed by atoms with Crippen LogP contribution in [0.5, 0.6) is 0 Å². The second-order valence-electron chi connectivity index (χ2n) is 8.65. The third-order valence-corrected chi connectivity index (χ3v) is 5.90. The van der Waals surface area contributed by atoms with Crippen molar-refractivity contribution in [3.63, 3.8) is 0 Å². The maximum absolute atomic E-state index is 12.7. The van der Waals surface area contributed by atoms with Crippen LogP contribution in [0.1, 0.15) is 12.5 Å². The molecule has 2 N–H and O–H groups in total. The highest BCUT2D eigenvalue weighted by atomic mass is 16.2. The van der Waals surface area contributed by atoms with Crippen molar-refractivity contribution in [2.45, 2.75) is 6.92 Å². The molecule has 1 aliphatic rings. The largest absolute Gasteiger partial charge is 0.368 e. The highest BCUT2D eigenvalue weighted by Crippen LogP contribution is 2.23. The summed E-state index contributed by atoms with van der Waals surface area (Å²) >= 11 is 0. The van der Waals surface area contributed by atoms with Crippen LogP contribution in [0.15, 0.2) is 85.0 Å². The lowest BCUT2D eigenvalue weighted by Crippen LogP contribution is -2.48. The number of nitrogens with zero attached hydrogens (tertiary/aromatic N) is 4. The molecule has 0 atom stereocenters. The van der Waals surface area contributed by atoms with E-state index in [9.17, 15) is 9.59 Å². The van der Waals surface area contributed by atoms with Crippen LogP contribution in [-0.4, -0.2) is 66.0 Å². The average molecular weight is 497 g/mol. The SMILES string of the molecule is CC(=O)NCCNc1cc(N2CCN(C(=O)C=CC=Cc3ccccc3)CC2)nc(-c2ccccc2)n1. The molecule has 0 saturated carbocycles. The molecule has 0 unspecified atom stereocenters. The van der Waals surface area contributed by atoms with Crippen molar-refractivity contribution in [3.8, 4) is 11.4 Å². The molecule has 0 radical (unpaired) electrons. The van der Waals surface area contributed by atoms with Crippen molar-refractivity contribution in [1.82, 2.24) is 20.2 Å². The zero-order valence-electron chi connectivity index (χ0n) is 21.0. The number of carbonyl (C=O) groups excluding carboxylic acids is 2. The van der Waals surface area contributed by atoms with Gasteiger partial charge in [-0.1, -0.05) is 78.9 Å². The molecule has 1 saturated heterocycles. The molecule has 2 amide bonds. The Morgan fingerprint density at radius 1 is 0.892 bits per heavy atom. The number of aromatic nitrogens is 2. The van der Waals surface area contributed by atoms with Gasteiger partial charge >= 0.3 is 0 Å². The maximum Gasteiger partial charge on any atom is 0.246 e. The minimum atomic E-state index is -0.0652. The molecular weight excluding hydrogens is 464 g/mol. The Bertz CT molecular complexity index is 1240. The summed E-state index contributed by atoms with van der Waals surface area (Å²) in [6.07, 6.45) is 7.26. The van der Waals surface area contributed by atoms with Crippen LogP contribution < -0.4 is 15.5 Å². The molecule has 8 nitrogen and oxygen atoms in total. The van der Waals surface area contributed by atoms with Gasteiger partial charge in [-0.3, -0.25) is 9.59 Å². The van der Waals surface area contributed by atoms with Crippen LogP contribution >= 0.6 is 0 Å². The van der Waals surface area contributed by atoms with E-state index in [2.05, 4.69) is 20.5 Å². The molecule has 0 aliphatic carbocycles. The van der Waals surface area contributed by atoms with Gasteiger partial charge in [0.25, 0.3) is 0 Å². The van der Waals surface area contributed by atoms with Crippen LogP contribution in [0.3, 0.4) is 0 Å². The van der Waals surface area contributed by atoms with Gasteiger partial charge in [-0.2, -0.15) is 0 Å². The maximum atomic E-state index is 12.7. The van der Waals surface area contributed by atoms with Gasteiger partial charge in [-0.05, 0) is 5.56 Å². The first-order chi connectivity index (χ1) is 18.1. The quantitative estimate of drug-likeness (QED) is 0.267. The number of rotatable bonds is 9. The minimum absolute atomic E-state index is 0.00495. The molecule has 37 heavy (non-hydrogen) atoms. The highest BCUT2D eigenvalue weighted by Gasteiger charge is 2.21. The van der Waals surface area contributed by atoms with Gasteiger partial charge in [0.1, 0.15) is 11.6 Å². The normalized spacial score (nSPS) is 13.8.